The second kappa shape index (κ2) is 9.07. The zero-order chi connectivity index (χ0) is 19.9. The van der Waals surface area contributed by atoms with Gasteiger partial charge in [0.15, 0.2) is 0 Å². The van der Waals surface area contributed by atoms with E-state index in [1.165, 1.54) is 0 Å². The van der Waals surface area contributed by atoms with E-state index >= 15 is 0 Å². The molecule has 1 atom stereocenters. The lowest BCUT2D eigenvalue weighted by Crippen LogP contribution is -2.36. The molecule has 3 heteroatoms. The lowest BCUT2D eigenvalue weighted by molar-refractivity contribution is -0.124. The molecule has 0 bridgehead atoms. The highest BCUT2D eigenvalue weighted by atomic mass is 16.2. The Bertz CT molecular complexity index is 973. The van der Waals surface area contributed by atoms with Gasteiger partial charge in [0.25, 0.3) is 0 Å². The first-order chi connectivity index (χ1) is 14.3. The van der Waals surface area contributed by atoms with Gasteiger partial charge in [-0.1, -0.05) is 91.0 Å². The number of nitrogens with one attached hydrogen (secondary N) is 1. The number of hydrogen-bond acceptors (Lipinski definition) is 1. The first kappa shape index (κ1) is 18.8. The fourth-order valence-corrected chi connectivity index (χ4v) is 3.62. The highest BCUT2D eigenvalue weighted by Crippen LogP contribution is 2.24. The molecule has 0 fully saturated rings. The standard InChI is InChI=1S/C26H24N2O/c29-26(24(28-18-10-11-19-28)20-21-12-4-1-5-13-21)27-25(22-14-6-2-7-15-22)23-16-8-3-9-17-23/h1-19,24-25H,20H2,(H,27,29)/t24-/m0/s1. The second-order valence-electron chi connectivity index (χ2n) is 7.10. The maximum Gasteiger partial charge on any atom is 0.244 e. The number of rotatable bonds is 7. The van der Waals surface area contributed by atoms with Crippen molar-refractivity contribution in [1.82, 2.24) is 9.88 Å². The molecular weight excluding hydrogens is 356 g/mol. The zero-order valence-electron chi connectivity index (χ0n) is 16.2. The quantitative estimate of drug-likeness (QED) is 0.471. The van der Waals surface area contributed by atoms with E-state index < -0.39 is 0 Å². The summed E-state index contributed by atoms with van der Waals surface area (Å²) in [6, 6.07) is 33.8. The van der Waals surface area contributed by atoms with Crippen LogP contribution in [-0.2, 0) is 11.2 Å². The summed E-state index contributed by atoms with van der Waals surface area (Å²) in [5.74, 6) is 0.00255. The molecule has 4 rings (SSSR count). The first-order valence-electron chi connectivity index (χ1n) is 9.88. The Balaban J connectivity index is 1.64. The smallest absolute Gasteiger partial charge is 0.244 e. The van der Waals surface area contributed by atoms with Crippen molar-refractivity contribution in [3.05, 3.63) is 132 Å². The van der Waals surface area contributed by atoms with E-state index in [1.807, 2.05) is 83.7 Å². The molecule has 1 N–H and O–H groups in total. The van der Waals surface area contributed by atoms with Crippen molar-refractivity contribution in [2.45, 2.75) is 18.5 Å². The van der Waals surface area contributed by atoms with Crippen LogP contribution in [0.25, 0.3) is 0 Å². The molecular formula is C26H24N2O. The molecule has 0 unspecified atom stereocenters. The summed E-state index contributed by atoms with van der Waals surface area (Å²) >= 11 is 0. The van der Waals surface area contributed by atoms with Crippen LogP contribution in [0.3, 0.4) is 0 Å². The molecule has 1 amide bonds. The van der Waals surface area contributed by atoms with Crippen molar-refractivity contribution < 1.29 is 4.79 Å². The first-order valence-corrected chi connectivity index (χ1v) is 9.88. The van der Waals surface area contributed by atoms with Crippen LogP contribution in [0.4, 0.5) is 0 Å². The number of amides is 1. The maximum absolute atomic E-state index is 13.5. The molecule has 0 spiro atoms. The fraction of sp³-hybridized carbons (Fsp3) is 0.115. The molecule has 1 heterocycles. The Morgan fingerprint density at radius 1 is 0.690 bits per heavy atom. The predicted octanol–water partition coefficient (Wildman–Crippen LogP) is 5.18. The molecule has 144 valence electrons. The minimum atomic E-state index is -0.317. The Morgan fingerprint density at radius 2 is 1.17 bits per heavy atom. The predicted molar refractivity (Wildman–Crippen MR) is 116 cm³/mol. The van der Waals surface area contributed by atoms with Crippen molar-refractivity contribution in [2.75, 3.05) is 0 Å². The minimum absolute atomic E-state index is 0.00255. The number of benzene rings is 3. The van der Waals surface area contributed by atoms with E-state index in [4.69, 9.17) is 0 Å². The number of nitrogens with zero attached hydrogens (tertiary/aromatic N) is 1. The molecule has 3 nitrogen and oxygen atoms in total. The summed E-state index contributed by atoms with van der Waals surface area (Å²) in [5.41, 5.74) is 3.27. The van der Waals surface area contributed by atoms with Gasteiger partial charge in [-0.25, -0.2) is 0 Å². The zero-order valence-corrected chi connectivity index (χ0v) is 16.2. The summed E-state index contributed by atoms with van der Waals surface area (Å²) in [6.45, 7) is 0. The van der Waals surface area contributed by atoms with Gasteiger partial charge in [-0.2, -0.15) is 0 Å². The van der Waals surface area contributed by atoms with Gasteiger partial charge in [-0.05, 0) is 28.8 Å². The largest absolute Gasteiger partial charge is 0.343 e. The van der Waals surface area contributed by atoms with Gasteiger partial charge in [0.1, 0.15) is 6.04 Å². The summed E-state index contributed by atoms with van der Waals surface area (Å²) in [6.07, 6.45) is 4.54. The van der Waals surface area contributed by atoms with E-state index in [0.29, 0.717) is 6.42 Å². The van der Waals surface area contributed by atoms with E-state index in [0.717, 1.165) is 16.7 Å². The normalized spacial score (nSPS) is 11.9. The van der Waals surface area contributed by atoms with Crippen LogP contribution < -0.4 is 5.32 Å². The topological polar surface area (TPSA) is 34.0 Å². The maximum atomic E-state index is 13.5. The Hall–Kier alpha value is -3.59. The molecule has 0 aliphatic heterocycles. The van der Waals surface area contributed by atoms with Crippen molar-refractivity contribution in [1.29, 1.82) is 0 Å². The molecule has 3 aromatic carbocycles. The van der Waals surface area contributed by atoms with E-state index in [1.54, 1.807) is 0 Å². The third-order valence-corrected chi connectivity index (χ3v) is 5.11. The van der Waals surface area contributed by atoms with E-state index in [2.05, 4.69) is 41.7 Å². The van der Waals surface area contributed by atoms with E-state index in [-0.39, 0.29) is 18.0 Å². The lowest BCUT2D eigenvalue weighted by atomic mass is 9.97. The van der Waals surface area contributed by atoms with Crippen LogP contribution in [-0.4, -0.2) is 10.5 Å². The van der Waals surface area contributed by atoms with Crippen molar-refractivity contribution in [3.8, 4) is 0 Å². The molecule has 4 aromatic rings. The Labute approximate surface area is 171 Å². The third-order valence-electron chi connectivity index (χ3n) is 5.11. The van der Waals surface area contributed by atoms with Crippen LogP contribution in [0.2, 0.25) is 0 Å². The average molecular weight is 380 g/mol. The van der Waals surface area contributed by atoms with Gasteiger partial charge >= 0.3 is 0 Å². The van der Waals surface area contributed by atoms with Gasteiger partial charge in [0.2, 0.25) is 5.91 Å². The summed E-state index contributed by atoms with van der Waals surface area (Å²) in [7, 11) is 0. The monoisotopic (exact) mass is 380 g/mol. The van der Waals surface area contributed by atoms with Gasteiger partial charge in [0.05, 0.1) is 6.04 Å². The minimum Gasteiger partial charge on any atom is -0.343 e. The summed E-state index contributed by atoms with van der Waals surface area (Å²) in [5, 5.41) is 3.30. The number of carbonyl (C=O) groups excluding carboxylic acids is 1. The molecule has 29 heavy (non-hydrogen) atoms. The SMILES string of the molecule is O=C(NC(c1ccccc1)c1ccccc1)[C@H](Cc1ccccc1)n1cccc1. The number of carbonyl (C=O) groups is 1. The van der Waals surface area contributed by atoms with E-state index in [9.17, 15) is 4.79 Å². The van der Waals surface area contributed by atoms with Crippen LogP contribution in [0, 0.1) is 0 Å². The third kappa shape index (κ3) is 4.64. The van der Waals surface area contributed by atoms with Crippen LogP contribution >= 0.6 is 0 Å². The van der Waals surface area contributed by atoms with Crippen LogP contribution in [0.15, 0.2) is 116 Å². The average Bonchev–Trinajstić information content (AvgIpc) is 3.32. The molecule has 0 aliphatic carbocycles. The van der Waals surface area contributed by atoms with Crippen molar-refractivity contribution in [2.24, 2.45) is 0 Å². The van der Waals surface area contributed by atoms with Crippen molar-refractivity contribution in [3.63, 3.8) is 0 Å². The highest BCUT2D eigenvalue weighted by Gasteiger charge is 2.24. The highest BCUT2D eigenvalue weighted by molar-refractivity contribution is 5.81. The van der Waals surface area contributed by atoms with Gasteiger partial charge < -0.3 is 9.88 Å². The summed E-state index contributed by atoms with van der Waals surface area (Å²) < 4.78 is 1.98. The molecule has 0 radical (unpaired) electrons. The second-order valence-corrected chi connectivity index (χ2v) is 7.10. The Morgan fingerprint density at radius 3 is 1.69 bits per heavy atom. The summed E-state index contributed by atoms with van der Waals surface area (Å²) in [4.78, 5) is 13.5. The fourth-order valence-electron chi connectivity index (χ4n) is 3.62. The van der Waals surface area contributed by atoms with Gasteiger partial charge in [0, 0.05) is 18.8 Å². The Kier molecular flexibility index (Phi) is 5.87. The number of hydrogen-bond donors (Lipinski definition) is 1. The van der Waals surface area contributed by atoms with Gasteiger partial charge in [-0.15, -0.1) is 0 Å². The molecule has 1 aromatic heterocycles. The molecule has 0 saturated carbocycles. The molecule has 0 saturated heterocycles. The van der Waals surface area contributed by atoms with Crippen LogP contribution in [0.5, 0.6) is 0 Å². The lowest BCUT2D eigenvalue weighted by Gasteiger charge is -2.25. The molecule has 0 aliphatic rings. The van der Waals surface area contributed by atoms with Crippen LogP contribution in [0.1, 0.15) is 28.8 Å². The number of aromatic nitrogens is 1. The van der Waals surface area contributed by atoms with Crippen molar-refractivity contribution >= 4 is 5.91 Å². The van der Waals surface area contributed by atoms with Gasteiger partial charge in [-0.3, -0.25) is 4.79 Å².